The lowest BCUT2D eigenvalue weighted by Crippen LogP contribution is -2.41. The van der Waals surface area contributed by atoms with Crippen LogP contribution in [0.4, 0.5) is 0 Å². The summed E-state index contributed by atoms with van der Waals surface area (Å²) in [5.41, 5.74) is 1.53. The summed E-state index contributed by atoms with van der Waals surface area (Å²) < 4.78 is 0. The number of carbonyl (C=O) groups is 2. The Balaban J connectivity index is 1.87. The highest BCUT2D eigenvalue weighted by atomic mass is 16.3. The maximum absolute atomic E-state index is 12.3. The number of aliphatic hydroxyl groups is 1. The highest BCUT2D eigenvalue weighted by Crippen LogP contribution is 2.11. The molecule has 0 bridgehead atoms. The molecule has 2 amide bonds. The third-order valence-corrected chi connectivity index (χ3v) is 3.73. The molecule has 24 heavy (non-hydrogen) atoms. The monoisotopic (exact) mass is 326 g/mol. The van der Waals surface area contributed by atoms with Crippen LogP contribution in [0.25, 0.3) is 0 Å². The van der Waals surface area contributed by atoms with Gasteiger partial charge in [-0.3, -0.25) is 9.59 Å². The van der Waals surface area contributed by atoms with Crippen LogP contribution in [0.2, 0.25) is 0 Å². The normalized spacial score (nSPS) is 11.6. The first-order valence-electron chi connectivity index (χ1n) is 7.94. The van der Waals surface area contributed by atoms with Gasteiger partial charge in [-0.25, -0.2) is 0 Å². The molecule has 2 aromatic rings. The van der Waals surface area contributed by atoms with Crippen LogP contribution in [0, 0.1) is 0 Å². The topological polar surface area (TPSA) is 69.6 Å². The number of amides is 2. The van der Waals surface area contributed by atoms with Crippen molar-refractivity contribution in [1.82, 2.24) is 10.2 Å². The van der Waals surface area contributed by atoms with Gasteiger partial charge in [0.25, 0.3) is 5.91 Å². The van der Waals surface area contributed by atoms with E-state index >= 15 is 0 Å². The van der Waals surface area contributed by atoms with Gasteiger partial charge in [-0.1, -0.05) is 60.7 Å². The van der Waals surface area contributed by atoms with Gasteiger partial charge < -0.3 is 15.3 Å². The van der Waals surface area contributed by atoms with E-state index in [1.807, 2.05) is 37.3 Å². The summed E-state index contributed by atoms with van der Waals surface area (Å²) in [6, 6.07) is 18.3. The summed E-state index contributed by atoms with van der Waals surface area (Å²) in [7, 11) is 0. The number of aliphatic hydroxyl groups excluding tert-OH is 1. The fourth-order valence-corrected chi connectivity index (χ4v) is 2.34. The predicted octanol–water partition coefficient (Wildman–Crippen LogP) is 1.88. The molecular weight excluding hydrogens is 304 g/mol. The summed E-state index contributed by atoms with van der Waals surface area (Å²) in [4.78, 5) is 25.9. The van der Waals surface area contributed by atoms with Crippen molar-refractivity contribution in [3.8, 4) is 0 Å². The Morgan fingerprint density at radius 2 is 1.62 bits per heavy atom. The van der Waals surface area contributed by atoms with Crippen LogP contribution in [0.3, 0.4) is 0 Å². The SMILES string of the molecule is CCN(Cc1ccccc1)C(=O)CNC(=O)C(O)c1ccccc1. The molecule has 2 N–H and O–H groups in total. The van der Waals surface area contributed by atoms with Gasteiger partial charge in [0, 0.05) is 13.1 Å². The van der Waals surface area contributed by atoms with Crippen LogP contribution in [-0.2, 0) is 16.1 Å². The minimum absolute atomic E-state index is 0.136. The van der Waals surface area contributed by atoms with E-state index in [-0.39, 0.29) is 12.5 Å². The Bertz CT molecular complexity index is 659. The molecule has 0 radical (unpaired) electrons. The van der Waals surface area contributed by atoms with Crippen LogP contribution < -0.4 is 5.32 Å². The summed E-state index contributed by atoms with van der Waals surface area (Å²) in [6.45, 7) is 2.79. The van der Waals surface area contributed by atoms with Crippen molar-refractivity contribution in [3.05, 3.63) is 71.8 Å². The van der Waals surface area contributed by atoms with Gasteiger partial charge in [0.05, 0.1) is 6.54 Å². The fourth-order valence-electron chi connectivity index (χ4n) is 2.34. The molecule has 0 saturated heterocycles. The molecule has 0 saturated carbocycles. The second kappa shape index (κ2) is 8.84. The Kier molecular flexibility index (Phi) is 6.51. The number of nitrogens with zero attached hydrogens (tertiary/aromatic N) is 1. The lowest BCUT2D eigenvalue weighted by atomic mass is 10.1. The number of rotatable bonds is 7. The van der Waals surface area contributed by atoms with Crippen molar-refractivity contribution >= 4 is 11.8 Å². The molecule has 0 aromatic heterocycles. The highest BCUT2D eigenvalue weighted by Gasteiger charge is 2.19. The molecule has 0 heterocycles. The summed E-state index contributed by atoms with van der Waals surface area (Å²) in [5, 5.41) is 12.5. The average molecular weight is 326 g/mol. The molecule has 0 aliphatic carbocycles. The lowest BCUT2D eigenvalue weighted by molar-refractivity contribution is -0.136. The summed E-state index contributed by atoms with van der Waals surface area (Å²) in [5.74, 6) is -0.764. The second-order valence-electron chi connectivity index (χ2n) is 5.42. The van der Waals surface area contributed by atoms with Crippen molar-refractivity contribution in [2.75, 3.05) is 13.1 Å². The first kappa shape index (κ1) is 17.7. The number of carbonyl (C=O) groups excluding carboxylic acids is 2. The van der Waals surface area contributed by atoms with E-state index in [0.29, 0.717) is 18.7 Å². The minimum Gasteiger partial charge on any atom is -0.378 e. The Morgan fingerprint density at radius 1 is 1.04 bits per heavy atom. The van der Waals surface area contributed by atoms with Crippen molar-refractivity contribution < 1.29 is 14.7 Å². The standard InChI is InChI=1S/C19H22N2O3/c1-2-21(14-15-9-5-3-6-10-15)17(22)13-20-19(24)18(23)16-11-7-4-8-12-16/h3-12,18,23H,2,13-14H2,1H3,(H,20,24). The van der Waals surface area contributed by atoms with Crippen LogP contribution in [0.15, 0.2) is 60.7 Å². The van der Waals surface area contributed by atoms with Gasteiger partial charge >= 0.3 is 0 Å². The van der Waals surface area contributed by atoms with Crippen LogP contribution in [0.5, 0.6) is 0 Å². The van der Waals surface area contributed by atoms with Gasteiger partial charge in [-0.05, 0) is 18.1 Å². The molecule has 5 nitrogen and oxygen atoms in total. The van der Waals surface area contributed by atoms with Crippen LogP contribution >= 0.6 is 0 Å². The van der Waals surface area contributed by atoms with Gasteiger partial charge in [0.1, 0.15) is 0 Å². The summed E-state index contributed by atoms with van der Waals surface area (Å²) >= 11 is 0. The Hall–Kier alpha value is -2.66. The van der Waals surface area contributed by atoms with E-state index in [1.165, 1.54) is 0 Å². The van der Waals surface area contributed by atoms with Gasteiger partial charge in [0.2, 0.25) is 5.91 Å². The fraction of sp³-hybridized carbons (Fsp3) is 0.263. The number of benzene rings is 2. The average Bonchev–Trinajstić information content (AvgIpc) is 2.64. The second-order valence-corrected chi connectivity index (χ2v) is 5.42. The number of hydrogen-bond acceptors (Lipinski definition) is 3. The number of likely N-dealkylation sites (N-methyl/N-ethyl adjacent to an activating group) is 1. The zero-order valence-corrected chi connectivity index (χ0v) is 13.7. The van der Waals surface area contributed by atoms with E-state index in [2.05, 4.69) is 5.32 Å². The molecule has 0 fully saturated rings. The summed E-state index contributed by atoms with van der Waals surface area (Å²) in [6.07, 6.45) is -1.27. The molecule has 2 aromatic carbocycles. The first-order chi connectivity index (χ1) is 11.6. The quantitative estimate of drug-likeness (QED) is 0.816. The molecule has 0 aliphatic heterocycles. The molecule has 0 aliphatic rings. The van der Waals surface area contributed by atoms with Gasteiger partial charge in [-0.15, -0.1) is 0 Å². The molecular formula is C19H22N2O3. The van der Waals surface area contributed by atoms with Crippen molar-refractivity contribution in [3.63, 3.8) is 0 Å². The lowest BCUT2D eigenvalue weighted by Gasteiger charge is -2.21. The molecule has 126 valence electrons. The van der Waals surface area contributed by atoms with Crippen LogP contribution in [0.1, 0.15) is 24.2 Å². The maximum Gasteiger partial charge on any atom is 0.253 e. The van der Waals surface area contributed by atoms with Crippen molar-refractivity contribution in [2.45, 2.75) is 19.6 Å². The number of hydrogen-bond donors (Lipinski definition) is 2. The zero-order valence-electron chi connectivity index (χ0n) is 13.7. The molecule has 0 spiro atoms. The predicted molar refractivity (Wildman–Crippen MR) is 91.9 cm³/mol. The zero-order chi connectivity index (χ0) is 17.4. The van der Waals surface area contributed by atoms with E-state index in [4.69, 9.17) is 0 Å². The first-order valence-corrected chi connectivity index (χ1v) is 7.94. The Labute approximate surface area is 141 Å². The van der Waals surface area contributed by atoms with E-state index in [1.54, 1.807) is 35.2 Å². The maximum atomic E-state index is 12.3. The molecule has 1 unspecified atom stereocenters. The van der Waals surface area contributed by atoms with Gasteiger partial charge in [0.15, 0.2) is 6.10 Å². The van der Waals surface area contributed by atoms with E-state index < -0.39 is 12.0 Å². The third kappa shape index (κ3) is 4.93. The van der Waals surface area contributed by atoms with Gasteiger partial charge in [-0.2, -0.15) is 0 Å². The minimum atomic E-state index is -1.27. The van der Waals surface area contributed by atoms with Crippen molar-refractivity contribution in [2.24, 2.45) is 0 Å². The molecule has 2 rings (SSSR count). The third-order valence-electron chi connectivity index (χ3n) is 3.73. The smallest absolute Gasteiger partial charge is 0.253 e. The van der Waals surface area contributed by atoms with Crippen molar-refractivity contribution in [1.29, 1.82) is 0 Å². The Morgan fingerprint density at radius 3 is 2.21 bits per heavy atom. The number of nitrogens with one attached hydrogen (secondary N) is 1. The molecule has 1 atom stereocenters. The van der Waals surface area contributed by atoms with E-state index in [0.717, 1.165) is 5.56 Å². The largest absolute Gasteiger partial charge is 0.378 e. The van der Waals surface area contributed by atoms with Crippen LogP contribution in [-0.4, -0.2) is 34.9 Å². The highest BCUT2D eigenvalue weighted by molar-refractivity contribution is 5.87. The van der Waals surface area contributed by atoms with E-state index in [9.17, 15) is 14.7 Å². The molecule has 5 heteroatoms.